The van der Waals surface area contributed by atoms with Crippen LogP contribution in [0.5, 0.6) is 0 Å². The summed E-state index contributed by atoms with van der Waals surface area (Å²) in [6, 6.07) is 0. The molecule has 1 rings (SSSR count). The van der Waals surface area contributed by atoms with E-state index in [2.05, 4.69) is 18.7 Å². The van der Waals surface area contributed by atoms with Gasteiger partial charge in [0.05, 0.1) is 0 Å². The first-order chi connectivity index (χ1) is 9.86. The fourth-order valence-electron chi connectivity index (χ4n) is 3.59. The number of hydrogen-bond acceptors (Lipinski definition) is 1. The molecule has 1 heterocycles. The quantitative estimate of drug-likeness (QED) is 0.395. The lowest BCUT2D eigenvalue weighted by Crippen LogP contribution is -2.30. The van der Waals surface area contributed by atoms with Gasteiger partial charge in [0, 0.05) is 0 Å². The smallest absolute Gasteiger partial charge is 0.00186 e. The average Bonchev–Trinajstić information content (AvgIpc) is 2.48. The summed E-state index contributed by atoms with van der Waals surface area (Å²) in [7, 11) is 0. The van der Waals surface area contributed by atoms with E-state index in [4.69, 9.17) is 0 Å². The molecule has 0 N–H and O–H groups in total. The Labute approximate surface area is 128 Å². The van der Waals surface area contributed by atoms with Crippen molar-refractivity contribution in [2.75, 3.05) is 19.6 Å². The van der Waals surface area contributed by atoms with Crippen LogP contribution in [-0.4, -0.2) is 24.5 Å². The maximum absolute atomic E-state index is 2.71. The van der Waals surface area contributed by atoms with E-state index in [-0.39, 0.29) is 0 Å². The summed E-state index contributed by atoms with van der Waals surface area (Å²) in [6.07, 6.45) is 18.8. The topological polar surface area (TPSA) is 3.24 Å². The average molecular weight is 282 g/mol. The number of likely N-dealkylation sites (tertiary alicyclic amines) is 1. The third-order valence-corrected chi connectivity index (χ3v) is 4.97. The minimum absolute atomic E-state index is 1.03. The van der Waals surface area contributed by atoms with Crippen LogP contribution in [0.2, 0.25) is 0 Å². The molecule has 1 saturated heterocycles. The van der Waals surface area contributed by atoms with Crippen molar-refractivity contribution < 1.29 is 0 Å². The Hall–Kier alpha value is -0.0400. The van der Waals surface area contributed by atoms with E-state index in [0.717, 1.165) is 5.92 Å². The summed E-state index contributed by atoms with van der Waals surface area (Å²) in [4.78, 5) is 2.71. The predicted molar refractivity (Wildman–Crippen MR) is 91.3 cm³/mol. The summed E-state index contributed by atoms with van der Waals surface area (Å²) in [5, 5.41) is 0. The zero-order valence-corrected chi connectivity index (χ0v) is 14.3. The molecule has 0 amide bonds. The van der Waals surface area contributed by atoms with Gasteiger partial charge in [-0.2, -0.15) is 0 Å². The molecule has 0 bridgehead atoms. The van der Waals surface area contributed by atoms with Crippen molar-refractivity contribution in [1.82, 2.24) is 4.90 Å². The Morgan fingerprint density at radius 2 is 1.25 bits per heavy atom. The number of nitrogens with zero attached hydrogens (tertiary/aromatic N) is 1. The minimum atomic E-state index is 1.03. The Bertz CT molecular complexity index is 186. The van der Waals surface area contributed by atoms with Crippen LogP contribution in [0.3, 0.4) is 0 Å². The standard InChI is InChI=1S/C19H39N/c1-3-5-8-13-19(14-9-6-4-2)15-12-18-20-16-10-7-11-17-20/h19H,3-18H2,1-2H3. The fraction of sp³-hybridized carbons (Fsp3) is 1.00. The molecule has 0 atom stereocenters. The normalized spacial score (nSPS) is 16.9. The van der Waals surface area contributed by atoms with E-state index < -0.39 is 0 Å². The van der Waals surface area contributed by atoms with Crippen molar-refractivity contribution >= 4 is 0 Å². The summed E-state index contributed by atoms with van der Waals surface area (Å²) >= 11 is 0. The molecule has 1 aliphatic heterocycles. The summed E-state index contributed by atoms with van der Waals surface area (Å²) in [5.41, 5.74) is 0. The molecule has 1 heteroatoms. The molecule has 0 aromatic heterocycles. The summed E-state index contributed by atoms with van der Waals surface area (Å²) in [5.74, 6) is 1.03. The Morgan fingerprint density at radius 3 is 1.80 bits per heavy atom. The number of piperidine rings is 1. The van der Waals surface area contributed by atoms with Gasteiger partial charge >= 0.3 is 0 Å². The fourth-order valence-corrected chi connectivity index (χ4v) is 3.59. The van der Waals surface area contributed by atoms with E-state index >= 15 is 0 Å². The number of hydrogen-bond donors (Lipinski definition) is 0. The molecule has 0 aromatic carbocycles. The molecule has 1 nitrogen and oxygen atoms in total. The Kier molecular flexibility index (Phi) is 11.4. The predicted octanol–water partition coefficient (Wildman–Crippen LogP) is 6.03. The number of unbranched alkanes of at least 4 members (excludes halogenated alkanes) is 4. The van der Waals surface area contributed by atoms with Crippen molar-refractivity contribution in [2.45, 2.75) is 97.3 Å². The van der Waals surface area contributed by atoms with E-state index in [0.29, 0.717) is 0 Å². The van der Waals surface area contributed by atoms with E-state index in [1.54, 1.807) is 0 Å². The van der Waals surface area contributed by atoms with Crippen LogP contribution in [0.4, 0.5) is 0 Å². The second-order valence-corrected chi connectivity index (χ2v) is 6.90. The minimum Gasteiger partial charge on any atom is -0.303 e. The monoisotopic (exact) mass is 281 g/mol. The molecule has 0 aromatic rings. The van der Waals surface area contributed by atoms with Crippen LogP contribution < -0.4 is 0 Å². The Balaban J connectivity index is 2.12. The second kappa shape index (κ2) is 12.7. The lowest BCUT2D eigenvalue weighted by molar-refractivity contribution is 0.217. The highest BCUT2D eigenvalue weighted by Crippen LogP contribution is 2.23. The third kappa shape index (κ3) is 9.00. The largest absolute Gasteiger partial charge is 0.303 e. The SMILES string of the molecule is CCCCCC(CCCCC)CCCN1CCCCC1. The maximum Gasteiger partial charge on any atom is -0.00186 e. The van der Waals surface area contributed by atoms with Crippen LogP contribution in [0.15, 0.2) is 0 Å². The van der Waals surface area contributed by atoms with Gasteiger partial charge < -0.3 is 4.90 Å². The first kappa shape index (κ1) is 18.0. The van der Waals surface area contributed by atoms with Gasteiger partial charge in [0.1, 0.15) is 0 Å². The van der Waals surface area contributed by atoms with Gasteiger partial charge in [-0.1, -0.05) is 71.6 Å². The van der Waals surface area contributed by atoms with Crippen LogP contribution in [0.1, 0.15) is 97.3 Å². The first-order valence-electron chi connectivity index (χ1n) is 9.59. The highest BCUT2D eigenvalue weighted by molar-refractivity contribution is 4.67. The van der Waals surface area contributed by atoms with Gasteiger partial charge in [-0.15, -0.1) is 0 Å². The summed E-state index contributed by atoms with van der Waals surface area (Å²) in [6.45, 7) is 8.76. The van der Waals surface area contributed by atoms with Crippen molar-refractivity contribution in [3.05, 3.63) is 0 Å². The Morgan fingerprint density at radius 1 is 0.700 bits per heavy atom. The van der Waals surface area contributed by atoms with Gasteiger partial charge in [0.15, 0.2) is 0 Å². The van der Waals surface area contributed by atoms with Gasteiger partial charge in [0.2, 0.25) is 0 Å². The molecule has 1 fully saturated rings. The van der Waals surface area contributed by atoms with E-state index in [1.807, 2.05) is 0 Å². The van der Waals surface area contributed by atoms with Gasteiger partial charge in [-0.25, -0.2) is 0 Å². The van der Waals surface area contributed by atoms with Crippen LogP contribution in [0.25, 0.3) is 0 Å². The maximum atomic E-state index is 2.71. The second-order valence-electron chi connectivity index (χ2n) is 6.90. The van der Waals surface area contributed by atoms with Gasteiger partial charge in [0.25, 0.3) is 0 Å². The first-order valence-corrected chi connectivity index (χ1v) is 9.59. The third-order valence-electron chi connectivity index (χ3n) is 4.97. The van der Waals surface area contributed by atoms with Gasteiger partial charge in [-0.3, -0.25) is 0 Å². The highest BCUT2D eigenvalue weighted by Gasteiger charge is 2.12. The van der Waals surface area contributed by atoms with Crippen LogP contribution in [-0.2, 0) is 0 Å². The molecule has 120 valence electrons. The zero-order chi connectivity index (χ0) is 14.5. The molecular weight excluding hydrogens is 242 g/mol. The van der Waals surface area contributed by atoms with Crippen LogP contribution in [0, 0.1) is 5.92 Å². The van der Waals surface area contributed by atoms with Crippen LogP contribution >= 0.6 is 0 Å². The molecule has 1 aliphatic rings. The van der Waals surface area contributed by atoms with Crippen molar-refractivity contribution in [2.24, 2.45) is 5.92 Å². The van der Waals surface area contributed by atoms with Crippen molar-refractivity contribution in [3.63, 3.8) is 0 Å². The highest BCUT2D eigenvalue weighted by atomic mass is 15.1. The number of rotatable bonds is 12. The molecule has 0 spiro atoms. The van der Waals surface area contributed by atoms with Crippen molar-refractivity contribution in [3.8, 4) is 0 Å². The summed E-state index contributed by atoms with van der Waals surface area (Å²) < 4.78 is 0. The zero-order valence-electron chi connectivity index (χ0n) is 14.3. The molecule has 0 unspecified atom stereocenters. The molecule has 0 aliphatic carbocycles. The van der Waals surface area contributed by atoms with E-state index in [9.17, 15) is 0 Å². The lowest BCUT2D eigenvalue weighted by Gasteiger charge is -2.27. The lowest BCUT2D eigenvalue weighted by atomic mass is 9.91. The molecule has 0 saturated carbocycles. The van der Waals surface area contributed by atoms with Crippen molar-refractivity contribution in [1.29, 1.82) is 0 Å². The van der Waals surface area contributed by atoms with E-state index in [1.165, 1.54) is 103 Å². The molecular formula is C19H39N. The molecule has 20 heavy (non-hydrogen) atoms. The molecule has 0 radical (unpaired) electrons. The van der Waals surface area contributed by atoms with Gasteiger partial charge in [-0.05, 0) is 51.2 Å².